The molecule has 0 spiro atoms. The third kappa shape index (κ3) is 3.82. The number of fused-ring (bicyclic) bond motifs is 2. The molecule has 2 aliphatic rings. The zero-order valence-electron chi connectivity index (χ0n) is 16.5. The molecule has 152 valence electrons. The van der Waals surface area contributed by atoms with Gasteiger partial charge in [-0.15, -0.1) is 0 Å². The third-order valence-electron chi connectivity index (χ3n) is 5.28. The Morgan fingerprint density at radius 3 is 2.73 bits per heavy atom. The molecule has 0 saturated carbocycles. The number of hydrogen-bond acceptors (Lipinski definition) is 5. The summed E-state index contributed by atoms with van der Waals surface area (Å²) in [4.78, 5) is 39.1. The number of hydrogen-bond donors (Lipinski definition) is 0. The van der Waals surface area contributed by atoms with E-state index in [2.05, 4.69) is 0 Å². The molecule has 1 aromatic carbocycles. The number of rotatable bonds is 4. The van der Waals surface area contributed by atoms with Crippen molar-refractivity contribution in [3.63, 3.8) is 0 Å². The van der Waals surface area contributed by atoms with Crippen LogP contribution in [0.15, 0.2) is 29.2 Å². The molecule has 0 bridgehead atoms. The number of aryl methyl sites for hydroxylation is 1. The van der Waals surface area contributed by atoms with Crippen molar-refractivity contribution in [2.45, 2.75) is 38.6 Å². The predicted octanol–water partition coefficient (Wildman–Crippen LogP) is -1.78. The maximum Gasteiger partial charge on any atom is 1.00 e. The summed E-state index contributed by atoms with van der Waals surface area (Å²) in [6, 6.07) is 2.79. The Hall–Kier alpha value is -2.07. The van der Waals surface area contributed by atoms with Crippen molar-refractivity contribution in [1.82, 2.24) is 9.47 Å². The number of aromatic nitrogens is 1. The van der Waals surface area contributed by atoms with E-state index in [-0.39, 0.29) is 71.8 Å². The molecule has 0 N–H and O–H groups in total. The monoisotopic (exact) mass is 426 g/mol. The van der Waals surface area contributed by atoms with Crippen molar-refractivity contribution in [1.29, 1.82) is 0 Å². The Balaban J connectivity index is 0.00000256. The number of carbonyl (C=O) groups excluding carboxylic acids is 2. The maximum atomic E-state index is 13.7. The van der Waals surface area contributed by atoms with Gasteiger partial charge in [0.15, 0.2) is 17.4 Å². The van der Waals surface area contributed by atoms with Gasteiger partial charge < -0.3 is 19.3 Å². The number of nitrogens with zero attached hydrogens (tertiary/aromatic N) is 2. The first kappa shape index (κ1) is 22.6. The number of benzene rings is 1. The quantitative estimate of drug-likeness (QED) is 0.426. The summed E-state index contributed by atoms with van der Waals surface area (Å²) >= 11 is 0. The van der Waals surface area contributed by atoms with Crippen LogP contribution in [0, 0.1) is 11.6 Å². The number of ketones is 1. The predicted molar refractivity (Wildman–Crippen MR) is 94.5 cm³/mol. The molecule has 7 nitrogen and oxygen atoms in total. The molecular formula is C20H17F2N2NaO5. The van der Waals surface area contributed by atoms with Gasteiger partial charge in [-0.3, -0.25) is 14.4 Å². The van der Waals surface area contributed by atoms with Crippen LogP contribution in [-0.4, -0.2) is 40.0 Å². The van der Waals surface area contributed by atoms with Crippen LogP contribution in [0.3, 0.4) is 0 Å². The van der Waals surface area contributed by atoms with Crippen LogP contribution in [0.4, 0.5) is 8.78 Å². The van der Waals surface area contributed by atoms with Crippen LogP contribution < -0.4 is 40.1 Å². The molecule has 4 rings (SSSR count). The van der Waals surface area contributed by atoms with Gasteiger partial charge in [-0.2, -0.15) is 0 Å². The van der Waals surface area contributed by atoms with E-state index in [4.69, 9.17) is 4.74 Å². The Morgan fingerprint density at radius 1 is 1.30 bits per heavy atom. The number of halogens is 2. The zero-order chi connectivity index (χ0) is 20.9. The van der Waals surface area contributed by atoms with Crippen LogP contribution >= 0.6 is 0 Å². The van der Waals surface area contributed by atoms with Gasteiger partial charge >= 0.3 is 29.6 Å². The largest absolute Gasteiger partial charge is 1.00 e. The van der Waals surface area contributed by atoms with Crippen LogP contribution in [-0.2, 0) is 17.7 Å². The average molecular weight is 426 g/mol. The van der Waals surface area contributed by atoms with Crippen LogP contribution in [0.25, 0.3) is 0 Å². The van der Waals surface area contributed by atoms with E-state index in [1.54, 1.807) is 6.92 Å². The molecule has 10 heteroatoms. The first-order chi connectivity index (χ1) is 13.8. The second-order valence-corrected chi connectivity index (χ2v) is 7.21. The van der Waals surface area contributed by atoms with Crippen molar-refractivity contribution < 1.29 is 57.8 Å². The average Bonchev–Trinajstić information content (AvgIpc) is 3.04. The molecule has 2 atom stereocenters. The standard InChI is InChI=1S/C20H18F2N2O5.Na/c1-10-9-29-16-8-23-7-13(18(26)19(27)17(23)20(28)24(10)16)15(25)5-3-11-2-4-12(21)6-14(11)22;/h2,4,6-7,10,16,27H,3,5,8-9H2,1H3;/q;+1/p-1/t10-,16+;/m0./s1. The van der Waals surface area contributed by atoms with E-state index < -0.39 is 40.7 Å². The normalized spacial score (nSPS) is 19.8. The molecule has 2 aliphatic heterocycles. The van der Waals surface area contributed by atoms with Crippen LogP contribution in [0.5, 0.6) is 5.75 Å². The van der Waals surface area contributed by atoms with Gasteiger partial charge in [0.1, 0.15) is 17.3 Å². The van der Waals surface area contributed by atoms with Gasteiger partial charge in [0.05, 0.1) is 24.8 Å². The second kappa shape index (κ2) is 8.58. The topological polar surface area (TPSA) is 91.7 Å². The van der Waals surface area contributed by atoms with Gasteiger partial charge in [-0.25, -0.2) is 8.78 Å². The Morgan fingerprint density at radius 2 is 2.03 bits per heavy atom. The van der Waals surface area contributed by atoms with E-state index in [0.717, 1.165) is 6.07 Å². The first-order valence-corrected chi connectivity index (χ1v) is 9.13. The second-order valence-electron chi connectivity index (χ2n) is 7.21. The van der Waals surface area contributed by atoms with E-state index in [1.165, 1.54) is 21.7 Å². The molecule has 0 unspecified atom stereocenters. The fourth-order valence-electron chi connectivity index (χ4n) is 3.77. The summed E-state index contributed by atoms with van der Waals surface area (Å²) < 4.78 is 33.6. The van der Waals surface area contributed by atoms with Crippen molar-refractivity contribution >= 4 is 11.7 Å². The molecule has 3 heterocycles. The Labute approximate surface area is 192 Å². The van der Waals surface area contributed by atoms with Crippen LogP contribution in [0.1, 0.15) is 39.8 Å². The molecule has 0 aliphatic carbocycles. The summed E-state index contributed by atoms with van der Waals surface area (Å²) in [5, 5.41) is 12.5. The fourth-order valence-corrected chi connectivity index (χ4v) is 3.77. The molecule has 1 amide bonds. The number of Topliss-reactive ketones (excluding diaryl/α,β-unsaturated/α-hetero) is 1. The van der Waals surface area contributed by atoms with Crippen molar-refractivity contribution in [2.24, 2.45) is 0 Å². The molecule has 1 aromatic heterocycles. The van der Waals surface area contributed by atoms with Gasteiger partial charge in [-0.1, -0.05) is 6.07 Å². The van der Waals surface area contributed by atoms with Crippen molar-refractivity contribution in [2.75, 3.05) is 6.61 Å². The Bertz CT molecular complexity index is 1090. The molecular weight excluding hydrogens is 409 g/mol. The molecule has 1 fully saturated rings. The smallest absolute Gasteiger partial charge is 0.868 e. The van der Waals surface area contributed by atoms with E-state index >= 15 is 0 Å². The molecule has 1 saturated heterocycles. The number of amides is 1. The molecule has 0 radical (unpaired) electrons. The van der Waals surface area contributed by atoms with E-state index in [0.29, 0.717) is 12.7 Å². The number of carbonyl (C=O) groups is 2. The molecule has 30 heavy (non-hydrogen) atoms. The van der Waals surface area contributed by atoms with Crippen molar-refractivity contribution in [3.05, 3.63) is 63.1 Å². The summed E-state index contributed by atoms with van der Waals surface area (Å²) in [5.41, 5.74) is -1.57. The Kier molecular flexibility index (Phi) is 6.47. The van der Waals surface area contributed by atoms with Gasteiger partial charge in [0, 0.05) is 18.7 Å². The summed E-state index contributed by atoms with van der Waals surface area (Å²) in [5.74, 6) is -3.81. The summed E-state index contributed by atoms with van der Waals surface area (Å²) in [6.45, 7) is 2.23. The zero-order valence-corrected chi connectivity index (χ0v) is 18.5. The minimum absolute atomic E-state index is 0. The minimum atomic E-state index is -1.06. The van der Waals surface area contributed by atoms with E-state index in [9.17, 15) is 28.3 Å². The van der Waals surface area contributed by atoms with Gasteiger partial charge in [0.2, 0.25) is 0 Å². The van der Waals surface area contributed by atoms with Crippen molar-refractivity contribution in [3.8, 4) is 5.75 Å². The van der Waals surface area contributed by atoms with Gasteiger partial charge in [-0.05, 0) is 30.7 Å². The SMILES string of the molecule is C[C@H]1CO[C@@H]2Cn3cc(C(=O)CCc4ccc(F)cc4F)c(=O)c([O-])c3C(=O)N12.[Na+]. The van der Waals surface area contributed by atoms with Crippen LogP contribution in [0.2, 0.25) is 0 Å². The van der Waals surface area contributed by atoms with E-state index in [1.807, 2.05) is 0 Å². The summed E-state index contributed by atoms with van der Waals surface area (Å²) in [7, 11) is 0. The number of pyridine rings is 1. The minimum Gasteiger partial charge on any atom is -0.868 e. The van der Waals surface area contributed by atoms with Gasteiger partial charge in [0.25, 0.3) is 5.91 Å². The first-order valence-electron chi connectivity index (χ1n) is 9.13. The summed E-state index contributed by atoms with van der Waals surface area (Å²) in [6.07, 6.45) is 0.330. The maximum absolute atomic E-state index is 13.7. The number of ether oxygens (including phenoxy) is 1. The third-order valence-corrected chi connectivity index (χ3v) is 5.28. The molecule has 2 aromatic rings. The fraction of sp³-hybridized carbons (Fsp3) is 0.350.